The average molecular weight is 695 g/mol. The lowest BCUT2D eigenvalue weighted by atomic mass is 9.97. The van der Waals surface area contributed by atoms with Crippen molar-refractivity contribution < 1.29 is 26.7 Å². The van der Waals surface area contributed by atoms with E-state index in [1.54, 1.807) is 18.2 Å². The molecule has 4 heterocycles. The fourth-order valence-corrected chi connectivity index (χ4v) is 8.70. The smallest absolute Gasteiger partial charge is 0.266 e. The number of nitrogens with zero attached hydrogens (tertiary/aromatic N) is 3. The molecule has 2 saturated heterocycles. The Kier molecular flexibility index (Phi) is 8.28. The first-order chi connectivity index (χ1) is 21.6. The van der Waals surface area contributed by atoms with Gasteiger partial charge in [0.15, 0.2) is 10.9 Å². The summed E-state index contributed by atoms with van der Waals surface area (Å²) in [4.78, 5) is 19.5. The van der Waals surface area contributed by atoms with Gasteiger partial charge in [0.25, 0.3) is 16.0 Å². The number of amides is 1. The van der Waals surface area contributed by atoms with E-state index in [-0.39, 0.29) is 35.8 Å². The van der Waals surface area contributed by atoms with Gasteiger partial charge in [-0.25, -0.2) is 9.37 Å². The van der Waals surface area contributed by atoms with Crippen molar-refractivity contribution >= 4 is 65.9 Å². The van der Waals surface area contributed by atoms with Crippen LogP contribution in [0.15, 0.2) is 34.9 Å². The molecule has 1 amide bonds. The highest BCUT2D eigenvalue weighted by atomic mass is 35.5. The topological polar surface area (TPSA) is 138 Å². The summed E-state index contributed by atoms with van der Waals surface area (Å²) in [7, 11) is -4.22. The molecule has 3 aliphatic rings. The van der Waals surface area contributed by atoms with Gasteiger partial charge in [0.2, 0.25) is 0 Å². The van der Waals surface area contributed by atoms with E-state index < -0.39 is 27.6 Å². The van der Waals surface area contributed by atoms with Crippen LogP contribution in [0, 0.1) is 5.82 Å². The van der Waals surface area contributed by atoms with E-state index in [9.17, 15) is 13.2 Å². The molecule has 0 radical (unpaired) electrons. The summed E-state index contributed by atoms with van der Waals surface area (Å²) >= 11 is 14.4. The van der Waals surface area contributed by atoms with Crippen molar-refractivity contribution in [3.05, 3.63) is 63.1 Å². The highest BCUT2D eigenvalue weighted by Gasteiger charge is 2.42. The van der Waals surface area contributed by atoms with Crippen LogP contribution in [0.25, 0.3) is 21.5 Å². The average Bonchev–Trinajstić information content (AvgIpc) is 3.50. The highest BCUT2D eigenvalue weighted by Crippen LogP contribution is 2.47. The first-order valence-electron chi connectivity index (χ1n) is 14.8. The van der Waals surface area contributed by atoms with E-state index >= 15 is 4.39 Å². The molecule has 45 heavy (non-hydrogen) atoms. The molecule has 10 nitrogen and oxygen atoms in total. The molecule has 2 aromatic heterocycles. The summed E-state index contributed by atoms with van der Waals surface area (Å²) in [5, 5.41) is 12.4. The number of carbonyl (C=O) groups is 1. The van der Waals surface area contributed by atoms with Crippen molar-refractivity contribution in [1.29, 1.82) is 0 Å². The number of benzene rings is 2. The van der Waals surface area contributed by atoms with Gasteiger partial charge < -0.3 is 20.1 Å². The summed E-state index contributed by atoms with van der Waals surface area (Å²) in [5.74, 6) is -0.603. The lowest BCUT2D eigenvalue weighted by Crippen LogP contribution is -2.49. The number of hydrogen-bond acceptors (Lipinski definition) is 9. The first-order valence-corrected chi connectivity index (χ1v) is 18.0. The molecule has 0 spiro atoms. The number of carbonyl (C=O) groups excluding carboxylic acids is 1. The summed E-state index contributed by atoms with van der Waals surface area (Å²) in [6.07, 6.45) is 5.94. The van der Waals surface area contributed by atoms with Crippen LogP contribution in [0.1, 0.15) is 66.1 Å². The van der Waals surface area contributed by atoms with Crippen molar-refractivity contribution in [2.75, 3.05) is 17.2 Å². The highest BCUT2D eigenvalue weighted by molar-refractivity contribution is 7.85. The molecule has 2 aromatic carbocycles. The van der Waals surface area contributed by atoms with Gasteiger partial charge in [-0.3, -0.25) is 9.35 Å². The largest absolute Gasteiger partial charge is 0.360 e. The van der Waals surface area contributed by atoms with Crippen LogP contribution in [0.2, 0.25) is 10.0 Å². The molecule has 4 aromatic rings. The van der Waals surface area contributed by atoms with Crippen molar-refractivity contribution in [3.8, 4) is 11.3 Å². The normalized spacial score (nSPS) is 21.5. The minimum absolute atomic E-state index is 0.0631. The lowest BCUT2D eigenvalue weighted by molar-refractivity contribution is 0.0956. The Labute approximate surface area is 273 Å². The molecular weight excluding hydrogens is 664 g/mol. The molecule has 2 unspecified atom stereocenters. The number of nitrogens with one attached hydrogen (secondary N) is 2. The predicted molar refractivity (Wildman–Crippen MR) is 171 cm³/mol. The summed E-state index contributed by atoms with van der Waals surface area (Å²) < 4.78 is 52.2. The lowest BCUT2D eigenvalue weighted by Gasteiger charge is -2.39. The first kappa shape index (κ1) is 30.8. The minimum Gasteiger partial charge on any atom is -0.360 e. The standard InChI is InChI=1S/C30H30Cl2FN5O5S2/c31-21-2-1-3-22(32)25(21)26-20(28(43-37-26)15-4-5-15)14-35-17-12-18-6-7-19(13-17)38(18)30-36-27-23(33)10-16(11-24(27)44-30)29(39)34-8-9-45(40,41)42/h1-3,10-11,15,17-19,35H,4-9,12-14H2,(H,34,39)(H,40,41,42). The fourth-order valence-electron chi connectivity index (χ4n) is 6.60. The second-order valence-electron chi connectivity index (χ2n) is 11.9. The van der Waals surface area contributed by atoms with Crippen molar-refractivity contribution in [2.24, 2.45) is 0 Å². The second-order valence-corrected chi connectivity index (χ2v) is 15.3. The van der Waals surface area contributed by atoms with E-state index in [4.69, 9.17) is 32.3 Å². The Morgan fingerprint density at radius 2 is 1.84 bits per heavy atom. The maximum atomic E-state index is 15.1. The molecule has 1 aliphatic carbocycles. The number of rotatable bonds is 10. The Hall–Kier alpha value is -2.81. The van der Waals surface area contributed by atoms with Gasteiger partial charge in [0.05, 0.1) is 20.5 Å². The molecule has 238 valence electrons. The summed E-state index contributed by atoms with van der Waals surface area (Å²) in [6, 6.07) is 8.80. The van der Waals surface area contributed by atoms with Gasteiger partial charge in [-0.15, -0.1) is 0 Å². The monoisotopic (exact) mass is 693 g/mol. The van der Waals surface area contributed by atoms with Crippen molar-refractivity contribution in [2.45, 2.75) is 69.1 Å². The number of hydrogen-bond donors (Lipinski definition) is 3. The Morgan fingerprint density at radius 3 is 2.51 bits per heavy atom. The van der Waals surface area contributed by atoms with Crippen molar-refractivity contribution in [3.63, 3.8) is 0 Å². The van der Waals surface area contributed by atoms with Gasteiger partial charge in [0.1, 0.15) is 17.0 Å². The number of aromatic nitrogens is 2. The number of halogens is 3. The zero-order chi connectivity index (χ0) is 31.5. The van der Waals surface area contributed by atoms with Gasteiger partial charge in [-0.1, -0.05) is 45.8 Å². The summed E-state index contributed by atoms with van der Waals surface area (Å²) in [5.41, 5.74) is 2.64. The molecule has 3 N–H and O–H groups in total. The maximum absolute atomic E-state index is 15.1. The minimum atomic E-state index is -4.22. The fraction of sp³-hybridized carbons (Fsp3) is 0.433. The molecule has 3 fully saturated rings. The quantitative estimate of drug-likeness (QED) is 0.166. The molecule has 2 aliphatic heterocycles. The Balaban J connectivity index is 1.06. The van der Waals surface area contributed by atoms with Crippen LogP contribution in [0.4, 0.5) is 9.52 Å². The Morgan fingerprint density at radius 1 is 1.13 bits per heavy atom. The third kappa shape index (κ3) is 6.30. The third-order valence-corrected chi connectivity index (χ3v) is 11.2. The van der Waals surface area contributed by atoms with E-state index in [1.807, 2.05) is 6.07 Å². The van der Waals surface area contributed by atoms with E-state index in [0.29, 0.717) is 38.5 Å². The zero-order valence-electron chi connectivity index (χ0n) is 23.9. The SMILES string of the molecule is O=C(NCCS(=O)(=O)O)c1cc(F)c2nc(N3C4CCC3CC(NCc3c(-c5c(Cl)cccc5Cl)noc3C3CC3)C4)sc2c1. The van der Waals surface area contributed by atoms with Crippen LogP contribution >= 0.6 is 34.5 Å². The maximum Gasteiger partial charge on any atom is 0.266 e. The van der Waals surface area contributed by atoms with Gasteiger partial charge >= 0.3 is 0 Å². The number of anilines is 1. The third-order valence-electron chi connectivity index (χ3n) is 8.83. The van der Waals surface area contributed by atoms with Gasteiger partial charge in [-0.05, 0) is 62.8 Å². The van der Waals surface area contributed by atoms with E-state index in [0.717, 1.165) is 61.0 Å². The molecule has 2 bridgehead atoms. The Bertz CT molecular complexity index is 1860. The van der Waals surface area contributed by atoms with Crippen LogP contribution < -0.4 is 15.5 Å². The number of fused-ring (bicyclic) bond motifs is 3. The van der Waals surface area contributed by atoms with Crippen molar-refractivity contribution in [1.82, 2.24) is 20.8 Å². The molecule has 1 saturated carbocycles. The van der Waals surface area contributed by atoms with E-state index in [2.05, 4.69) is 25.7 Å². The molecule has 2 atom stereocenters. The molecule has 15 heteroatoms. The van der Waals surface area contributed by atoms with Crippen LogP contribution in [-0.4, -0.2) is 59.4 Å². The zero-order valence-corrected chi connectivity index (χ0v) is 27.1. The second kappa shape index (κ2) is 12.1. The summed E-state index contributed by atoms with van der Waals surface area (Å²) in [6.45, 7) is 0.295. The van der Waals surface area contributed by atoms with Crippen LogP contribution in [0.5, 0.6) is 0 Å². The number of thiazole rings is 1. The van der Waals surface area contributed by atoms with Gasteiger partial charge in [-0.2, -0.15) is 8.42 Å². The molecule has 7 rings (SSSR count). The van der Waals surface area contributed by atoms with Crippen LogP contribution in [0.3, 0.4) is 0 Å². The molecular formula is C30H30Cl2FN5O5S2. The number of piperidine rings is 1. The predicted octanol–water partition coefficient (Wildman–Crippen LogP) is 6.18. The van der Waals surface area contributed by atoms with E-state index in [1.165, 1.54) is 11.3 Å². The van der Waals surface area contributed by atoms with Gasteiger partial charge in [0, 0.05) is 53.8 Å². The van der Waals surface area contributed by atoms with Crippen LogP contribution in [-0.2, 0) is 16.7 Å².